The summed E-state index contributed by atoms with van der Waals surface area (Å²) in [4.78, 5) is 17.8. The van der Waals surface area contributed by atoms with E-state index in [2.05, 4.69) is 31.5 Å². The Morgan fingerprint density at radius 2 is 2.29 bits per heavy atom. The summed E-state index contributed by atoms with van der Waals surface area (Å²) in [5.74, 6) is -0.167. The first-order chi connectivity index (χ1) is 11.5. The number of amides is 1. The quantitative estimate of drug-likeness (QED) is 0.872. The van der Waals surface area contributed by atoms with Crippen LogP contribution in [0.1, 0.15) is 36.2 Å². The second-order valence-electron chi connectivity index (χ2n) is 5.89. The summed E-state index contributed by atoms with van der Waals surface area (Å²) in [7, 11) is 1.88. The van der Waals surface area contributed by atoms with Gasteiger partial charge in [0.1, 0.15) is 0 Å². The number of nitrogens with one attached hydrogen (secondary N) is 1. The summed E-state index contributed by atoms with van der Waals surface area (Å²) >= 11 is 3.44. The fourth-order valence-electron chi connectivity index (χ4n) is 2.68. The van der Waals surface area contributed by atoms with Gasteiger partial charge in [-0.15, -0.1) is 0 Å². The van der Waals surface area contributed by atoms with E-state index in [1.807, 2.05) is 45.2 Å². The van der Waals surface area contributed by atoms with Gasteiger partial charge in [0.25, 0.3) is 5.91 Å². The summed E-state index contributed by atoms with van der Waals surface area (Å²) < 4.78 is 2.76. The number of nitrogens with zero attached hydrogens (tertiary/aromatic N) is 3. The molecule has 0 aliphatic carbocycles. The molecule has 126 valence electrons. The number of rotatable bonds is 4. The summed E-state index contributed by atoms with van der Waals surface area (Å²) in [5.41, 5.74) is 3.76. The van der Waals surface area contributed by atoms with E-state index < -0.39 is 6.10 Å². The van der Waals surface area contributed by atoms with Crippen LogP contribution in [-0.4, -0.2) is 27.5 Å². The van der Waals surface area contributed by atoms with Gasteiger partial charge in [0, 0.05) is 34.8 Å². The standard InChI is InChI=1S/C17H19BrN4O2/c1-10(14-9-19-22(3)11(14)2)20-17(23)16-8-15(21-24-16)12-5-4-6-13(18)7-12/h4-7,9-10,16H,8H2,1-3H3,(H,20,23). The molecule has 0 saturated heterocycles. The van der Waals surface area contributed by atoms with Gasteiger partial charge in [-0.2, -0.15) is 5.10 Å². The molecule has 1 aliphatic heterocycles. The van der Waals surface area contributed by atoms with Crippen LogP contribution in [0.2, 0.25) is 0 Å². The highest BCUT2D eigenvalue weighted by atomic mass is 79.9. The average molecular weight is 391 g/mol. The Hall–Kier alpha value is -2.15. The third-order valence-corrected chi connectivity index (χ3v) is 4.71. The lowest BCUT2D eigenvalue weighted by atomic mass is 10.0. The van der Waals surface area contributed by atoms with Crippen molar-refractivity contribution in [2.45, 2.75) is 32.4 Å². The van der Waals surface area contributed by atoms with Crippen LogP contribution in [0.3, 0.4) is 0 Å². The molecule has 0 bridgehead atoms. The van der Waals surface area contributed by atoms with Gasteiger partial charge in [-0.3, -0.25) is 9.48 Å². The van der Waals surface area contributed by atoms with Gasteiger partial charge in [0.2, 0.25) is 6.10 Å². The van der Waals surface area contributed by atoms with Crippen molar-refractivity contribution in [3.63, 3.8) is 0 Å². The maximum absolute atomic E-state index is 12.4. The topological polar surface area (TPSA) is 68.5 Å². The molecule has 0 radical (unpaired) electrons. The SMILES string of the molecule is Cc1c(C(C)NC(=O)C2CC(c3cccc(Br)c3)=NO2)cnn1C. The van der Waals surface area contributed by atoms with Gasteiger partial charge in [-0.1, -0.05) is 33.2 Å². The number of aromatic nitrogens is 2. The lowest BCUT2D eigenvalue weighted by Gasteiger charge is -2.16. The number of carbonyl (C=O) groups excluding carboxylic acids is 1. The van der Waals surface area contributed by atoms with Crippen LogP contribution < -0.4 is 5.32 Å². The minimum absolute atomic E-state index is 0.135. The van der Waals surface area contributed by atoms with Crippen LogP contribution in [0.4, 0.5) is 0 Å². The van der Waals surface area contributed by atoms with Crippen molar-refractivity contribution in [2.75, 3.05) is 0 Å². The molecule has 7 heteroatoms. The molecule has 2 heterocycles. The van der Waals surface area contributed by atoms with Gasteiger partial charge < -0.3 is 10.2 Å². The Bertz CT molecular complexity index is 800. The van der Waals surface area contributed by atoms with Gasteiger partial charge in [0.15, 0.2) is 0 Å². The molecule has 6 nitrogen and oxygen atoms in total. The van der Waals surface area contributed by atoms with Crippen molar-refractivity contribution in [1.29, 1.82) is 0 Å². The van der Waals surface area contributed by atoms with Gasteiger partial charge >= 0.3 is 0 Å². The second kappa shape index (κ2) is 6.76. The zero-order valence-corrected chi connectivity index (χ0v) is 15.4. The maximum Gasteiger partial charge on any atom is 0.264 e. The first-order valence-corrected chi connectivity index (χ1v) is 8.52. The molecule has 2 unspecified atom stereocenters. The van der Waals surface area contributed by atoms with E-state index in [9.17, 15) is 4.79 Å². The molecular weight excluding hydrogens is 372 g/mol. The maximum atomic E-state index is 12.4. The highest BCUT2D eigenvalue weighted by Crippen LogP contribution is 2.21. The number of aryl methyl sites for hydroxylation is 1. The Kier molecular flexibility index (Phi) is 4.71. The molecule has 3 rings (SSSR count). The molecular formula is C17H19BrN4O2. The summed E-state index contributed by atoms with van der Waals surface area (Å²) in [5, 5.41) is 11.3. The van der Waals surface area contributed by atoms with E-state index in [0.29, 0.717) is 6.42 Å². The molecule has 0 fully saturated rings. The minimum atomic E-state index is -0.599. The van der Waals surface area contributed by atoms with E-state index in [1.165, 1.54) is 0 Å². The number of hydrogen-bond acceptors (Lipinski definition) is 4. The van der Waals surface area contributed by atoms with Crippen LogP contribution in [0.15, 0.2) is 40.1 Å². The van der Waals surface area contributed by atoms with Crippen molar-refractivity contribution in [2.24, 2.45) is 12.2 Å². The Morgan fingerprint density at radius 1 is 1.50 bits per heavy atom. The zero-order valence-electron chi connectivity index (χ0n) is 13.8. The van der Waals surface area contributed by atoms with E-state index in [-0.39, 0.29) is 11.9 Å². The van der Waals surface area contributed by atoms with Crippen LogP contribution >= 0.6 is 15.9 Å². The Labute approximate surface area is 149 Å². The lowest BCUT2D eigenvalue weighted by Crippen LogP contribution is -2.36. The molecule has 0 spiro atoms. The Balaban J connectivity index is 1.62. The van der Waals surface area contributed by atoms with Crippen molar-refractivity contribution >= 4 is 27.5 Å². The third-order valence-electron chi connectivity index (χ3n) is 4.22. The van der Waals surface area contributed by atoms with E-state index in [4.69, 9.17) is 4.84 Å². The highest BCUT2D eigenvalue weighted by Gasteiger charge is 2.30. The fourth-order valence-corrected chi connectivity index (χ4v) is 3.08. The molecule has 1 aliphatic rings. The molecule has 0 saturated carbocycles. The fraction of sp³-hybridized carbons (Fsp3) is 0.353. The minimum Gasteiger partial charge on any atom is -0.382 e. The second-order valence-corrected chi connectivity index (χ2v) is 6.80. The first-order valence-electron chi connectivity index (χ1n) is 7.73. The van der Waals surface area contributed by atoms with Crippen LogP contribution in [0.5, 0.6) is 0 Å². The normalized spacial score (nSPS) is 18.0. The third kappa shape index (κ3) is 3.36. The molecule has 1 aromatic carbocycles. The van der Waals surface area contributed by atoms with E-state index in [1.54, 1.807) is 10.9 Å². The van der Waals surface area contributed by atoms with Gasteiger partial charge in [-0.05, 0) is 26.0 Å². The molecule has 1 amide bonds. The monoisotopic (exact) mass is 390 g/mol. The van der Waals surface area contributed by atoms with Crippen molar-refractivity contribution in [1.82, 2.24) is 15.1 Å². The van der Waals surface area contributed by atoms with Gasteiger partial charge in [-0.25, -0.2) is 0 Å². The molecule has 2 atom stereocenters. The largest absolute Gasteiger partial charge is 0.382 e. The average Bonchev–Trinajstić information content (AvgIpc) is 3.16. The summed E-state index contributed by atoms with van der Waals surface area (Å²) in [6.45, 7) is 3.92. The van der Waals surface area contributed by atoms with E-state index in [0.717, 1.165) is 27.0 Å². The number of halogens is 1. The zero-order chi connectivity index (χ0) is 17.3. The predicted molar refractivity (Wildman–Crippen MR) is 94.7 cm³/mol. The summed E-state index contributed by atoms with van der Waals surface area (Å²) in [6, 6.07) is 7.66. The van der Waals surface area contributed by atoms with Crippen molar-refractivity contribution < 1.29 is 9.63 Å². The molecule has 1 N–H and O–H groups in total. The lowest BCUT2D eigenvalue weighted by molar-refractivity contribution is -0.131. The highest BCUT2D eigenvalue weighted by molar-refractivity contribution is 9.10. The van der Waals surface area contributed by atoms with Crippen molar-refractivity contribution in [3.05, 3.63) is 51.8 Å². The predicted octanol–water partition coefficient (Wildman–Crippen LogP) is 2.86. The van der Waals surface area contributed by atoms with Crippen LogP contribution in [-0.2, 0) is 16.7 Å². The molecule has 2 aromatic rings. The van der Waals surface area contributed by atoms with Crippen molar-refractivity contribution in [3.8, 4) is 0 Å². The Morgan fingerprint density at radius 3 is 2.96 bits per heavy atom. The number of oxime groups is 1. The summed E-state index contributed by atoms with van der Waals surface area (Å²) in [6.07, 6.45) is 1.64. The number of hydrogen-bond donors (Lipinski definition) is 1. The van der Waals surface area contributed by atoms with Crippen LogP contribution in [0, 0.1) is 6.92 Å². The first kappa shape index (κ1) is 16.7. The van der Waals surface area contributed by atoms with Crippen LogP contribution in [0.25, 0.3) is 0 Å². The number of carbonyl (C=O) groups is 1. The van der Waals surface area contributed by atoms with E-state index >= 15 is 0 Å². The molecule has 24 heavy (non-hydrogen) atoms. The number of benzene rings is 1. The molecule has 1 aromatic heterocycles. The van der Waals surface area contributed by atoms with Gasteiger partial charge in [0.05, 0.1) is 18.0 Å². The smallest absolute Gasteiger partial charge is 0.264 e.